The summed E-state index contributed by atoms with van der Waals surface area (Å²) in [6.07, 6.45) is 3.94. The summed E-state index contributed by atoms with van der Waals surface area (Å²) in [5, 5.41) is 25.4. The van der Waals surface area contributed by atoms with E-state index in [9.17, 15) is 29.1 Å². The Kier molecular flexibility index (Phi) is 17.1. The van der Waals surface area contributed by atoms with Crippen LogP contribution in [0.25, 0.3) is 0 Å². The minimum absolute atomic E-state index is 0.0699. The lowest BCUT2D eigenvalue weighted by Gasteiger charge is -2.25. The average Bonchev–Trinajstić information content (AvgIpc) is 2.80. The van der Waals surface area contributed by atoms with Crippen LogP contribution in [0.5, 0.6) is 0 Å². The third-order valence-electron chi connectivity index (χ3n) is 4.78. The normalized spacial score (nSPS) is 14.0. The van der Waals surface area contributed by atoms with Crippen molar-refractivity contribution in [3.63, 3.8) is 0 Å². The number of carboxylic acids is 2. The van der Waals surface area contributed by atoms with Gasteiger partial charge in [-0.25, -0.2) is 4.79 Å². The van der Waals surface area contributed by atoms with Crippen molar-refractivity contribution in [2.75, 3.05) is 30.6 Å². The number of carboxylic acid groups (broad SMARTS) is 2. The van der Waals surface area contributed by atoms with Crippen LogP contribution in [0.15, 0.2) is 4.99 Å². The highest BCUT2D eigenvalue weighted by atomic mass is 32.2. The van der Waals surface area contributed by atoms with Gasteiger partial charge in [0.1, 0.15) is 18.1 Å². The molecule has 0 radical (unpaired) electrons. The van der Waals surface area contributed by atoms with Gasteiger partial charge in [0.2, 0.25) is 17.7 Å². The molecule has 11 N–H and O–H groups in total. The maximum atomic E-state index is 13.0. The van der Waals surface area contributed by atoms with E-state index in [2.05, 4.69) is 20.9 Å². The molecule has 36 heavy (non-hydrogen) atoms. The zero-order valence-corrected chi connectivity index (χ0v) is 22.0. The van der Waals surface area contributed by atoms with Crippen LogP contribution >= 0.6 is 23.5 Å². The highest BCUT2D eigenvalue weighted by molar-refractivity contribution is 7.98. The second-order valence-corrected chi connectivity index (χ2v) is 9.71. The summed E-state index contributed by atoms with van der Waals surface area (Å²) in [5.74, 6) is -4.04. The molecular weight excluding hydrogens is 514 g/mol. The predicted octanol–water partition coefficient (Wildman–Crippen LogP) is -2.11. The van der Waals surface area contributed by atoms with Crippen LogP contribution in [0.1, 0.15) is 32.1 Å². The molecule has 16 heteroatoms. The van der Waals surface area contributed by atoms with E-state index in [1.54, 1.807) is 6.26 Å². The number of hydrogen-bond acceptors (Lipinski definition) is 9. The van der Waals surface area contributed by atoms with E-state index in [0.29, 0.717) is 24.5 Å². The van der Waals surface area contributed by atoms with E-state index >= 15 is 0 Å². The standard InChI is InChI=1S/C20H37N7O7S2/c1-35-8-5-12(25-16(30)11(21)4-3-7-24-20(22)23)17(31)26-13(6-9-36-2)18(32)27-14(19(33)34)10-15(28)29/h11-14H,3-10,21H2,1-2H3,(H,25,30)(H,26,31)(H,27,32)(H,28,29)(H,33,34)(H4,22,23,24). The highest BCUT2D eigenvalue weighted by Gasteiger charge is 2.30. The van der Waals surface area contributed by atoms with Crippen molar-refractivity contribution in [1.82, 2.24) is 16.0 Å². The molecule has 0 aromatic carbocycles. The SMILES string of the molecule is CSCCC(NC(=O)C(N)CCCN=C(N)N)C(=O)NC(CCSC)C(=O)NC(CC(=O)O)C(=O)O. The van der Waals surface area contributed by atoms with E-state index in [0.717, 1.165) is 0 Å². The Morgan fingerprint density at radius 2 is 1.28 bits per heavy atom. The summed E-state index contributed by atoms with van der Waals surface area (Å²) >= 11 is 2.86. The third-order valence-corrected chi connectivity index (χ3v) is 6.07. The van der Waals surface area contributed by atoms with Gasteiger partial charge in [-0.05, 0) is 49.7 Å². The first-order valence-electron chi connectivity index (χ1n) is 11.1. The number of rotatable bonds is 19. The fourth-order valence-corrected chi connectivity index (χ4v) is 3.80. The zero-order valence-electron chi connectivity index (χ0n) is 20.4. The number of aliphatic imine (C=N–C) groups is 1. The van der Waals surface area contributed by atoms with Crippen LogP contribution in [0.3, 0.4) is 0 Å². The second-order valence-electron chi connectivity index (χ2n) is 7.74. The van der Waals surface area contributed by atoms with Gasteiger partial charge in [0.15, 0.2) is 5.96 Å². The topological polar surface area (TPSA) is 252 Å². The monoisotopic (exact) mass is 551 g/mol. The van der Waals surface area contributed by atoms with Gasteiger partial charge in [-0.1, -0.05) is 0 Å². The van der Waals surface area contributed by atoms with Crippen molar-refractivity contribution < 1.29 is 34.2 Å². The van der Waals surface area contributed by atoms with Gasteiger partial charge in [-0.15, -0.1) is 0 Å². The first-order chi connectivity index (χ1) is 16.9. The molecule has 14 nitrogen and oxygen atoms in total. The van der Waals surface area contributed by atoms with E-state index in [1.807, 2.05) is 6.26 Å². The Morgan fingerprint density at radius 1 is 0.806 bits per heavy atom. The molecule has 3 amide bonds. The van der Waals surface area contributed by atoms with Gasteiger partial charge in [-0.2, -0.15) is 23.5 Å². The summed E-state index contributed by atoms with van der Waals surface area (Å²) in [6.45, 7) is 0.297. The maximum Gasteiger partial charge on any atom is 0.326 e. The quantitative estimate of drug-likeness (QED) is 0.0487. The van der Waals surface area contributed by atoms with E-state index < -0.39 is 60.2 Å². The first-order valence-corrected chi connectivity index (χ1v) is 13.9. The number of nitrogens with zero attached hydrogens (tertiary/aromatic N) is 1. The number of hydrogen-bond donors (Lipinski definition) is 8. The molecule has 0 aliphatic carbocycles. The van der Waals surface area contributed by atoms with Crippen LogP contribution in [-0.2, 0) is 24.0 Å². The lowest BCUT2D eigenvalue weighted by molar-refractivity contribution is -0.147. The number of amides is 3. The van der Waals surface area contributed by atoms with E-state index in [4.69, 9.17) is 22.3 Å². The summed E-state index contributed by atoms with van der Waals surface area (Å²) in [4.78, 5) is 64.3. The van der Waals surface area contributed by atoms with Crippen LogP contribution in [0, 0.1) is 0 Å². The maximum absolute atomic E-state index is 13.0. The summed E-state index contributed by atoms with van der Waals surface area (Å²) in [5.41, 5.74) is 16.4. The molecule has 4 atom stereocenters. The average molecular weight is 552 g/mol. The minimum atomic E-state index is -1.66. The highest BCUT2D eigenvalue weighted by Crippen LogP contribution is 2.07. The molecule has 0 aliphatic heterocycles. The molecule has 0 spiro atoms. The first kappa shape index (κ1) is 33.3. The van der Waals surface area contributed by atoms with Gasteiger partial charge in [0.05, 0.1) is 12.5 Å². The number of aliphatic carboxylic acids is 2. The molecular formula is C20H37N7O7S2. The fraction of sp³-hybridized carbons (Fsp3) is 0.700. The zero-order chi connectivity index (χ0) is 27.7. The number of nitrogens with one attached hydrogen (secondary N) is 3. The third kappa shape index (κ3) is 14.6. The molecule has 0 heterocycles. The molecule has 0 saturated heterocycles. The van der Waals surface area contributed by atoms with Crippen molar-refractivity contribution in [2.24, 2.45) is 22.2 Å². The molecule has 206 valence electrons. The summed E-state index contributed by atoms with van der Waals surface area (Å²) in [7, 11) is 0. The Bertz CT molecular complexity index is 782. The number of carbonyl (C=O) groups is 5. The molecule has 0 fully saturated rings. The van der Waals surface area contributed by atoms with E-state index in [-0.39, 0.29) is 25.2 Å². The Hall–Kier alpha value is -2.72. The van der Waals surface area contributed by atoms with Gasteiger partial charge in [-0.3, -0.25) is 24.2 Å². The Balaban J connectivity index is 5.35. The Labute approximate surface area is 218 Å². The van der Waals surface area contributed by atoms with Crippen LogP contribution in [-0.4, -0.2) is 101 Å². The molecule has 0 rings (SSSR count). The summed E-state index contributed by atoms with van der Waals surface area (Å²) in [6, 6.07) is -4.70. The lowest BCUT2D eigenvalue weighted by atomic mass is 10.1. The van der Waals surface area contributed by atoms with Crippen molar-refractivity contribution in [1.29, 1.82) is 0 Å². The fourth-order valence-electron chi connectivity index (χ4n) is 2.86. The number of carbonyl (C=O) groups excluding carboxylic acids is 3. The van der Waals surface area contributed by atoms with E-state index in [1.165, 1.54) is 23.5 Å². The molecule has 4 unspecified atom stereocenters. The number of nitrogens with two attached hydrogens (primary N) is 3. The van der Waals surface area contributed by atoms with Crippen molar-refractivity contribution >= 4 is 59.1 Å². The lowest BCUT2D eigenvalue weighted by Crippen LogP contribution is -2.57. The second kappa shape index (κ2) is 18.5. The summed E-state index contributed by atoms with van der Waals surface area (Å²) < 4.78 is 0. The number of thioether (sulfide) groups is 2. The van der Waals surface area contributed by atoms with Crippen molar-refractivity contribution in [2.45, 2.75) is 56.3 Å². The van der Waals surface area contributed by atoms with Crippen molar-refractivity contribution in [3.8, 4) is 0 Å². The van der Waals surface area contributed by atoms with Gasteiger partial charge < -0.3 is 43.4 Å². The van der Waals surface area contributed by atoms with Crippen LogP contribution in [0.4, 0.5) is 0 Å². The predicted molar refractivity (Wildman–Crippen MR) is 140 cm³/mol. The van der Waals surface area contributed by atoms with Gasteiger partial charge in [0.25, 0.3) is 0 Å². The Morgan fingerprint density at radius 3 is 1.69 bits per heavy atom. The molecule has 0 aliphatic rings. The minimum Gasteiger partial charge on any atom is -0.481 e. The van der Waals surface area contributed by atoms with Crippen LogP contribution < -0.4 is 33.2 Å². The molecule has 0 bridgehead atoms. The molecule has 0 aromatic heterocycles. The molecule has 0 saturated carbocycles. The largest absolute Gasteiger partial charge is 0.481 e. The van der Waals surface area contributed by atoms with Crippen molar-refractivity contribution in [3.05, 3.63) is 0 Å². The van der Waals surface area contributed by atoms with Gasteiger partial charge in [0, 0.05) is 6.54 Å². The number of guanidine groups is 1. The van der Waals surface area contributed by atoms with Crippen LogP contribution in [0.2, 0.25) is 0 Å². The smallest absolute Gasteiger partial charge is 0.326 e. The van der Waals surface area contributed by atoms with Gasteiger partial charge >= 0.3 is 11.9 Å². The molecule has 0 aromatic rings.